The average molecular weight is 477 g/mol. The van der Waals surface area contributed by atoms with Gasteiger partial charge in [-0.05, 0) is 36.1 Å². The number of hydrogen-bond donors (Lipinski definition) is 0. The lowest BCUT2D eigenvalue weighted by Crippen LogP contribution is -2.51. The smallest absolute Gasteiger partial charge is 0.255 e. The van der Waals surface area contributed by atoms with Crippen molar-refractivity contribution in [3.05, 3.63) is 64.7 Å². The molecule has 1 unspecified atom stereocenters. The van der Waals surface area contributed by atoms with Crippen LogP contribution >= 0.6 is 0 Å². The Labute approximate surface area is 206 Å². The summed E-state index contributed by atoms with van der Waals surface area (Å²) < 4.78 is 11.9. The molecule has 2 fully saturated rings. The fourth-order valence-electron chi connectivity index (χ4n) is 5.10. The monoisotopic (exact) mass is 476 g/mol. The van der Waals surface area contributed by atoms with Gasteiger partial charge in [-0.15, -0.1) is 0 Å². The highest BCUT2D eigenvalue weighted by Crippen LogP contribution is 2.34. The summed E-state index contributed by atoms with van der Waals surface area (Å²) in [5.74, 6) is 0.309. The first-order valence-electron chi connectivity index (χ1n) is 12.5. The zero-order chi connectivity index (χ0) is 24.4. The van der Waals surface area contributed by atoms with Crippen LogP contribution in [0.2, 0.25) is 0 Å². The van der Waals surface area contributed by atoms with E-state index in [0.29, 0.717) is 43.4 Å². The number of rotatable bonds is 9. The molecule has 3 aliphatic rings. The van der Waals surface area contributed by atoms with Crippen molar-refractivity contribution in [2.75, 3.05) is 19.7 Å². The Bertz CT molecular complexity index is 1110. The Morgan fingerprint density at radius 3 is 2.51 bits per heavy atom. The summed E-state index contributed by atoms with van der Waals surface area (Å²) in [4.78, 5) is 41.0. The fraction of sp³-hybridized carbons (Fsp3) is 0.464. The molecule has 184 valence electrons. The summed E-state index contributed by atoms with van der Waals surface area (Å²) in [6, 6.07) is 13.4. The number of fused-ring (bicyclic) bond motifs is 1. The van der Waals surface area contributed by atoms with E-state index in [4.69, 9.17) is 9.47 Å². The molecule has 2 aliphatic heterocycles. The van der Waals surface area contributed by atoms with E-state index in [9.17, 15) is 14.4 Å². The average Bonchev–Trinajstić information content (AvgIpc) is 3.16. The molecule has 7 heteroatoms. The van der Waals surface area contributed by atoms with Gasteiger partial charge in [0.15, 0.2) is 5.78 Å². The van der Waals surface area contributed by atoms with Gasteiger partial charge in [0.1, 0.15) is 18.1 Å². The number of Topliss-reactive ketones (excluding diaryl/α,β-unsaturated/α-hetero) is 2. The van der Waals surface area contributed by atoms with E-state index >= 15 is 0 Å². The number of carbonyl (C=O) groups is 3. The van der Waals surface area contributed by atoms with Gasteiger partial charge in [0.05, 0.1) is 25.1 Å². The Morgan fingerprint density at radius 1 is 1.00 bits per heavy atom. The predicted molar refractivity (Wildman–Crippen MR) is 130 cm³/mol. The van der Waals surface area contributed by atoms with Gasteiger partial charge in [0.2, 0.25) is 0 Å². The Kier molecular flexibility index (Phi) is 6.97. The van der Waals surface area contributed by atoms with Gasteiger partial charge in [-0.3, -0.25) is 19.3 Å². The minimum absolute atomic E-state index is 0.0412. The van der Waals surface area contributed by atoms with Gasteiger partial charge >= 0.3 is 0 Å². The molecule has 35 heavy (non-hydrogen) atoms. The van der Waals surface area contributed by atoms with Crippen molar-refractivity contribution in [1.29, 1.82) is 0 Å². The molecule has 2 heterocycles. The first-order chi connectivity index (χ1) is 17.0. The summed E-state index contributed by atoms with van der Waals surface area (Å²) in [5.41, 5.74) is 3.72. The van der Waals surface area contributed by atoms with Gasteiger partial charge < -0.3 is 14.4 Å². The van der Waals surface area contributed by atoms with Gasteiger partial charge in [-0.2, -0.15) is 0 Å². The Hall–Kier alpha value is -3.03. The molecule has 7 nitrogen and oxygen atoms in total. The normalized spacial score (nSPS) is 20.8. The van der Waals surface area contributed by atoms with E-state index in [1.165, 1.54) is 5.56 Å². The SMILES string of the molecule is CCCOC1CN(Cc2ccc(COc3cccc4c3CN(C3CCC(=O)CC3=O)C4=O)cc2)C1. The van der Waals surface area contributed by atoms with Crippen LogP contribution in [0.1, 0.15) is 59.7 Å². The second-order valence-corrected chi connectivity index (χ2v) is 9.74. The summed E-state index contributed by atoms with van der Waals surface area (Å²) in [7, 11) is 0. The maximum atomic E-state index is 13.0. The lowest BCUT2D eigenvalue weighted by molar-refractivity contribution is -0.133. The van der Waals surface area contributed by atoms with Crippen molar-refractivity contribution in [1.82, 2.24) is 9.80 Å². The molecule has 1 aliphatic carbocycles. The van der Waals surface area contributed by atoms with Gasteiger partial charge in [-0.25, -0.2) is 0 Å². The number of nitrogens with zero attached hydrogens (tertiary/aromatic N) is 2. The minimum Gasteiger partial charge on any atom is -0.489 e. The maximum absolute atomic E-state index is 13.0. The van der Waals surface area contributed by atoms with Gasteiger partial charge in [0, 0.05) is 43.8 Å². The third-order valence-electron chi connectivity index (χ3n) is 7.07. The molecule has 2 aromatic rings. The second kappa shape index (κ2) is 10.3. The van der Waals surface area contributed by atoms with E-state index in [2.05, 4.69) is 36.1 Å². The molecule has 5 rings (SSSR count). The number of likely N-dealkylation sites (tertiary alicyclic amines) is 1. The van der Waals surface area contributed by atoms with Crippen molar-refractivity contribution < 1.29 is 23.9 Å². The van der Waals surface area contributed by atoms with Crippen molar-refractivity contribution >= 4 is 17.5 Å². The van der Waals surface area contributed by atoms with Crippen LogP contribution in [0.15, 0.2) is 42.5 Å². The topological polar surface area (TPSA) is 76.2 Å². The maximum Gasteiger partial charge on any atom is 0.255 e. The Balaban J connectivity index is 1.17. The van der Waals surface area contributed by atoms with Crippen molar-refractivity contribution in [3.63, 3.8) is 0 Å². The van der Waals surface area contributed by atoms with E-state index < -0.39 is 6.04 Å². The predicted octanol–water partition coefficient (Wildman–Crippen LogP) is 3.52. The van der Waals surface area contributed by atoms with Gasteiger partial charge in [-0.1, -0.05) is 37.3 Å². The number of carbonyl (C=O) groups excluding carboxylic acids is 3. The van der Waals surface area contributed by atoms with Crippen molar-refractivity contribution in [3.8, 4) is 5.75 Å². The molecule has 0 radical (unpaired) electrons. The lowest BCUT2D eigenvalue weighted by Gasteiger charge is -2.39. The summed E-state index contributed by atoms with van der Waals surface area (Å²) >= 11 is 0. The van der Waals surface area contributed by atoms with E-state index in [1.54, 1.807) is 11.0 Å². The largest absolute Gasteiger partial charge is 0.489 e. The fourth-order valence-corrected chi connectivity index (χ4v) is 5.10. The van der Waals surface area contributed by atoms with Crippen molar-refractivity contribution in [2.45, 2.75) is 64.4 Å². The third kappa shape index (κ3) is 5.16. The van der Waals surface area contributed by atoms with E-state index in [1.807, 2.05) is 12.1 Å². The third-order valence-corrected chi connectivity index (χ3v) is 7.07. The van der Waals surface area contributed by atoms with E-state index in [0.717, 1.165) is 43.8 Å². The molecule has 2 aromatic carbocycles. The van der Waals surface area contributed by atoms with Crippen LogP contribution in [-0.2, 0) is 34.0 Å². The van der Waals surface area contributed by atoms with Crippen LogP contribution in [0.25, 0.3) is 0 Å². The molecule has 1 atom stereocenters. The number of benzene rings is 2. The van der Waals surface area contributed by atoms with Gasteiger partial charge in [0.25, 0.3) is 5.91 Å². The van der Waals surface area contributed by atoms with Crippen LogP contribution in [-0.4, -0.2) is 59.1 Å². The van der Waals surface area contributed by atoms with E-state index in [-0.39, 0.29) is 23.9 Å². The van der Waals surface area contributed by atoms with Crippen LogP contribution in [0.5, 0.6) is 5.75 Å². The second-order valence-electron chi connectivity index (χ2n) is 9.74. The van der Waals surface area contributed by atoms with Crippen molar-refractivity contribution in [2.24, 2.45) is 0 Å². The highest BCUT2D eigenvalue weighted by atomic mass is 16.5. The molecular weight excluding hydrogens is 444 g/mol. The molecular formula is C28H32N2O5. The molecule has 0 N–H and O–H groups in total. The first kappa shape index (κ1) is 23.7. The zero-order valence-corrected chi connectivity index (χ0v) is 20.2. The number of hydrogen-bond acceptors (Lipinski definition) is 6. The lowest BCUT2D eigenvalue weighted by atomic mass is 9.92. The number of ether oxygens (including phenoxy) is 2. The van der Waals surface area contributed by atoms with Crippen LogP contribution < -0.4 is 4.74 Å². The quantitative estimate of drug-likeness (QED) is 0.516. The van der Waals surface area contributed by atoms with Crippen LogP contribution in [0, 0.1) is 0 Å². The summed E-state index contributed by atoms with van der Waals surface area (Å²) in [6.45, 7) is 6.60. The first-order valence-corrected chi connectivity index (χ1v) is 12.5. The number of ketones is 2. The molecule has 0 aromatic heterocycles. The number of amides is 1. The zero-order valence-electron chi connectivity index (χ0n) is 20.2. The summed E-state index contributed by atoms with van der Waals surface area (Å²) in [5, 5.41) is 0. The minimum atomic E-state index is -0.520. The molecule has 0 bridgehead atoms. The highest BCUT2D eigenvalue weighted by molar-refractivity contribution is 6.07. The standard InChI is InChI=1S/C28H32N2O5/c1-2-12-34-22-15-29(16-22)14-19-6-8-20(9-7-19)18-35-27-5-3-4-23-24(27)17-30(28(23)33)25-11-10-21(31)13-26(25)32/h3-9,22,25H,2,10-18H2,1H3. The molecule has 1 amide bonds. The molecule has 1 saturated heterocycles. The molecule has 0 spiro atoms. The van der Waals surface area contributed by atoms with Crippen LogP contribution in [0.3, 0.4) is 0 Å². The van der Waals surface area contributed by atoms with Crippen LogP contribution in [0.4, 0.5) is 0 Å². The highest BCUT2D eigenvalue weighted by Gasteiger charge is 2.40. The molecule has 1 saturated carbocycles. The summed E-state index contributed by atoms with van der Waals surface area (Å²) in [6.07, 6.45) is 2.11. The Morgan fingerprint density at radius 2 is 1.77 bits per heavy atom.